The first-order valence-electron chi connectivity index (χ1n) is 5.35. The highest BCUT2D eigenvalue weighted by Crippen LogP contribution is 2.30. The second-order valence-electron chi connectivity index (χ2n) is 4.38. The molecule has 3 nitrogen and oxygen atoms in total. The zero-order valence-corrected chi connectivity index (χ0v) is 9.10. The first kappa shape index (κ1) is 13.3. The summed E-state index contributed by atoms with van der Waals surface area (Å²) < 4.78 is 37.0. The summed E-state index contributed by atoms with van der Waals surface area (Å²) >= 11 is 0. The maximum atomic E-state index is 12.3. The van der Waals surface area contributed by atoms with Gasteiger partial charge < -0.3 is 10.4 Å². The number of hydrogen-bond donors (Lipinski definition) is 2. The molecule has 0 aromatic carbocycles. The Morgan fingerprint density at radius 1 is 1.25 bits per heavy atom. The van der Waals surface area contributed by atoms with Crippen molar-refractivity contribution in [1.29, 1.82) is 0 Å². The number of nitrogens with one attached hydrogen (secondary N) is 1. The molecule has 0 heterocycles. The number of carbonyl (C=O) groups excluding carboxylic acids is 1. The second-order valence-corrected chi connectivity index (χ2v) is 4.38. The van der Waals surface area contributed by atoms with Gasteiger partial charge in [-0.1, -0.05) is 19.3 Å². The van der Waals surface area contributed by atoms with E-state index in [2.05, 4.69) is 5.32 Å². The number of hydrogen-bond acceptors (Lipinski definition) is 2. The van der Waals surface area contributed by atoms with Crippen LogP contribution in [0.4, 0.5) is 13.2 Å². The van der Waals surface area contributed by atoms with Crippen LogP contribution in [0.2, 0.25) is 0 Å². The molecule has 1 atom stereocenters. The summed E-state index contributed by atoms with van der Waals surface area (Å²) in [6.45, 7) is 0.477. The van der Waals surface area contributed by atoms with Gasteiger partial charge in [0.05, 0.1) is 0 Å². The van der Waals surface area contributed by atoms with Crippen molar-refractivity contribution < 1.29 is 23.1 Å². The zero-order chi connectivity index (χ0) is 12.4. The lowest BCUT2D eigenvalue weighted by Crippen LogP contribution is -2.56. The van der Waals surface area contributed by atoms with E-state index >= 15 is 0 Å². The van der Waals surface area contributed by atoms with Crippen molar-refractivity contribution >= 4 is 5.91 Å². The van der Waals surface area contributed by atoms with Crippen LogP contribution in [0.5, 0.6) is 0 Å². The minimum atomic E-state index is -4.94. The van der Waals surface area contributed by atoms with Gasteiger partial charge in [-0.05, 0) is 19.8 Å². The number of rotatable bonds is 2. The fourth-order valence-electron chi connectivity index (χ4n) is 1.70. The average Bonchev–Trinajstić information content (AvgIpc) is 2.17. The van der Waals surface area contributed by atoms with Crippen LogP contribution in [0.1, 0.15) is 39.0 Å². The predicted molar refractivity (Wildman–Crippen MR) is 51.7 cm³/mol. The molecule has 6 heteroatoms. The lowest BCUT2D eigenvalue weighted by molar-refractivity contribution is -0.245. The zero-order valence-electron chi connectivity index (χ0n) is 9.10. The van der Waals surface area contributed by atoms with Gasteiger partial charge in [0.2, 0.25) is 5.60 Å². The van der Waals surface area contributed by atoms with Crippen molar-refractivity contribution in [3.63, 3.8) is 0 Å². The van der Waals surface area contributed by atoms with Crippen LogP contribution in [0.25, 0.3) is 0 Å². The molecule has 0 saturated heterocycles. The van der Waals surface area contributed by atoms with Gasteiger partial charge in [-0.15, -0.1) is 0 Å². The first-order valence-corrected chi connectivity index (χ1v) is 5.35. The summed E-state index contributed by atoms with van der Waals surface area (Å²) in [5.74, 6) is -1.35. The van der Waals surface area contributed by atoms with E-state index in [-0.39, 0.29) is 6.04 Å². The Bertz CT molecular complexity index is 257. The Balaban J connectivity index is 2.57. The summed E-state index contributed by atoms with van der Waals surface area (Å²) in [5, 5.41) is 11.4. The molecule has 0 bridgehead atoms. The highest BCUT2D eigenvalue weighted by atomic mass is 19.4. The van der Waals surface area contributed by atoms with Crippen molar-refractivity contribution in [3.8, 4) is 0 Å². The Morgan fingerprint density at radius 3 is 2.19 bits per heavy atom. The van der Waals surface area contributed by atoms with Gasteiger partial charge in [0, 0.05) is 6.04 Å². The molecule has 1 rings (SSSR count). The van der Waals surface area contributed by atoms with Gasteiger partial charge in [-0.2, -0.15) is 13.2 Å². The van der Waals surface area contributed by atoms with Crippen LogP contribution in [0.15, 0.2) is 0 Å². The van der Waals surface area contributed by atoms with Crippen molar-refractivity contribution in [2.75, 3.05) is 0 Å². The third-order valence-corrected chi connectivity index (χ3v) is 2.93. The van der Waals surface area contributed by atoms with Gasteiger partial charge in [-0.25, -0.2) is 0 Å². The molecule has 0 spiro atoms. The van der Waals surface area contributed by atoms with E-state index in [0.29, 0.717) is 19.8 Å². The molecule has 0 unspecified atom stereocenters. The minimum absolute atomic E-state index is 0.241. The third-order valence-electron chi connectivity index (χ3n) is 2.93. The lowest BCUT2D eigenvalue weighted by Gasteiger charge is -2.29. The van der Waals surface area contributed by atoms with E-state index in [1.807, 2.05) is 0 Å². The fourth-order valence-corrected chi connectivity index (χ4v) is 1.70. The van der Waals surface area contributed by atoms with Gasteiger partial charge in [0.25, 0.3) is 5.91 Å². The van der Waals surface area contributed by atoms with Crippen LogP contribution in [0, 0.1) is 0 Å². The molecule has 0 aliphatic heterocycles. The van der Waals surface area contributed by atoms with Crippen LogP contribution < -0.4 is 5.32 Å². The van der Waals surface area contributed by atoms with E-state index in [1.54, 1.807) is 0 Å². The lowest BCUT2D eigenvalue weighted by atomic mass is 9.94. The molecule has 1 aliphatic carbocycles. The molecule has 1 saturated carbocycles. The van der Waals surface area contributed by atoms with Gasteiger partial charge in [0.1, 0.15) is 0 Å². The topological polar surface area (TPSA) is 49.3 Å². The normalized spacial score (nSPS) is 22.6. The summed E-state index contributed by atoms with van der Waals surface area (Å²) in [5.41, 5.74) is -3.30. The number of carbonyl (C=O) groups is 1. The van der Waals surface area contributed by atoms with E-state index < -0.39 is 17.7 Å². The van der Waals surface area contributed by atoms with Crippen LogP contribution in [-0.2, 0) is 4.79 Å². The highest BCUT2D eigenvalue weighted by Gasteiger charge is 2.55. The molecule has 0 aromatic rings. The highest BCUT2D eigenvalue weighted by molar-refractivity contribution is 5.85. The molecule has 16 heavy (non-hydrogen) atoms. The standard InChI is InChI=1S/C10H16F3NO2/c1-9(16,10(11,12)13)8(15)14-7-5-3-2-4-6-7/h7,16H,2-6H2,1H3,(H,14,15)/t9-/m0/s1. The number of aliphatic hydroxyl groups is 1. The Kier molecular flexibility index (Phi) is 3.83. The van der Waals surface area contributed by atoms with E-state index in [0.717, 1.165) is 19.3 Å². The first-order chi connectivity index (χ1) is 7.25. The SMILES string of the molecule is C[C@](O)(C(=O)NC1CCCCC1)C(F)(F)F. The maximum Gasteiger partial charge on any atom is 0.426 e. The van der Waals surface area contributed by atoms with E-state index in [9.17, 15) is 18.0 Å². The number of alkyl halides is 3. The molecule has 0 radical (unpaired) electrons. The van der Waals surface area contributed by atoms with Crippen molar-refractivity contribution in [2.45, 2.75) is 56.8 Å². The van der Waals surface area contributed by atoms with Crippen LogP contribution >= 0.6 is 0 Å². The number of amides is 1. The molecule has 1 fully saturated rings. The molecular formula is C10H16F3NO2. The van der Waals surface area contributed by atoms with Gasteiger partial charge >= 0.3 is 6.18 Å². The van der Waals surface area contributed by atoms with E-state index in [1.165, 1.54) is 0 Å². The Morgan fingerprint density at radius 2 is 1.75 bits per heavy atom. The maximum absolute atomic E-state index is 12.3. The summed E-state index contributed by atoms with van der Waals surface area (Å²) in [6, 6.07) is -0.241. The van der Waals surface area contributed by atoms with Crippen molar-refractivity contribution in [1.82, 2.24) is 5.32 Å². The Labute approximate surface area is 92.0 Å². The quantitative estimate of drug-likeness (QED) is 0.771. The average molecular weight is 239 g/mol. The summed E-state index contributed by atoms with van der Waals surface area (Å²) in [6.07, 6.45) is -0.731. The largest absolute Gasteiger partial charge is 0.426 e. The van der Waals surface area contributed by atoms with E-state index in [4.69, 9.17) is 5.11 Å². The third kappa shape index (κ3) is 2.87. The fraction of sp³-hybridized carbons (Fsp3) is 0.900. The molecule has 1 aliphatic rings. The number of halogens is 3. The molecule has 0 aromatic heterocycles. The molecule has 1 amide bonds. The summed E-state index contributed by atoms with van der Waals surface area (Å²) in [4.78, 5) is 11.3. The smallest absolute Gasteiger partial charge is 0.373 e. The van der Waals surface area contributed by atoms with Crippen molar-refractivity contribution in [2.24, 2.45) is 0 Å². The second kappa shape index (κ2) is 4.61. The van der Waals surface area contributed by atoms with Crippen LogP contribution in [0.3, 0.4) is 0 Å². The van der Waals surface area contributed by atoms with Gasteiger partial charge in [-0.3, -0.25) is 4.79 Å². The summed E-state index contributed by atoms with van der Waals surface area (Å²) in [7, 11) is 0. The molecule has 2 N–H and O–H groups in total. The van der Waals surface area contributed by atoms with Gasteiger partial charge in [0.15, 0.2) is 0 Å². The van der Waals surface area contributed by atoms with Crippen molar-refractivity contribution in [3.05, 3.63) is 0 Å². The molecular weight excluding hydrogens is 223 g/mol. The molecule has 94 valence electrons. The Hall–Kier alpha value is -0.780. The monoisotopic (exact) mass is 239 g/mol. The van der Waals surface area contributed by atoms with Crippen LogP contribution in [-0.4, -0.2) is 28.8 Å². The minimum Gasteiger partial charge on any atom is -0.373 e. The predicted octanol–water partition coefficient (Wildman–Crippen LogP) is 1.75.